The van der Waals surface area contributed by atoms with Crippen LogP contribution in [-0.4, -0.2) is 11.0 Å². The summed E-state index contributed by atoms with van der Waals surface area (Å²) in [6.07, 6.45) is 5.24. The molecule has 18 heavy (non-hydrogen) atoms. The predicted octanol–water partition coefficient (Wildman–Crippen LogP) is 4.19. The fraction of sp³-hybridized carbons (Fsp3) is 0.538. The molecule has 1 aliphatic carbocycles. The molecule has 0 aliphatic heterocycles. The molecule has 0 bridgehead atoms. The lowest BCUT2D eigenvalue weighted by Gasteiger charge is -2.21. The second-order valence-corrected chi connectivity index (χ2v) is 6.06. The summed E-state index contributed by atoms with van der Waals surface area (Å²) in [6, 6.07) is 5.66. The number of rotatable bonds is 4. The zero-order chi connectivity index (χ0) is 13.1. The molecule has 1 fully saturated rings. The quantitative estimate of drug-likeness (QED) is 0.498. The molecule has 0 saturated heterocycles. The Morgan fingerprint density at radius 3 is 2.67 bits per heavy atom. The molecule has 5 heteroatoms. The van der Waals surface area contributed by atoms with Crippen molar-refractivity contribution in [3.63, 3.8) is 0 Å². The van der Waals surface area contributed by atoms with E-state index in [0.29, 0.717) is 9.61 Å². The molecule has 0 heterocycles. The number of nitro benzene ring substituents is 1. The molecule has 4 nitrogen and oxygen atoms in total. The topological polar surface area (TPSA) is 55.2 Å². The summed E-state index contributed by atoms with van der Waals surface area (Å²) in [6.45, 7) is 2.20. The average molecular weight is 360 g/mol. The molecule has 1 aliphatic rings. The Kier molecular flexibility index (Phi) is 4.42. The van der Waals surface area contributed by atoms with Crippen molar-refractivity contribution in [2.24, 2.45) is 5.92 Å². The molecule has 2 rings (SSSR count). The Balaban J connectivity index is 2.05. The minimum Gasteiger partial charge on any atom is -0.382 e. The van der Waals surface area contributed by atoms with E-state index in [2.05, 4.69) is 12.2 Å². The van der Waals surface area contributed by atoms with Crippen LogP contribution in [0, 0.1) is 19.6 Å². The lowest BCUT2D eigenvalue weighted by atomic mass is 9.99. The first-order chi connectivity index (χ1) is 8.58. The fourth-order valence-electron chi connectivity index (χ4n) is 2.58. The van der Waals surface area contributed by atoms with Gasteiger partial charge >= 0.3 is 0 Å². The summed E-state index contributed by atoms with van der Waals surface area (Å²) in [5.74, 6) is 0.734. The van der Waals surface area contributed by atoms with Crippen LogP contribution in [0.3, 0.4) is 0 Å². The number of nitrogens with one attached hydrogen (secondary N) is 1. The van der Waals surface area contributed by atoms with E-state index in [4.69, 9.17) is 0 Å². The van der Waals surface area contributed by atoms with Crippen LogP contribution >= 0.6 is 22.6 Å². The molecule has 0 amide bonds. The van der Waals surface area contributed by atoms with E-state index in [0.717, 1.165) is 11.6 Å². The fourth-order valence-corrected chi connectivity index (χ4v) is 3.30. The van der Waals surface area contributed by atoms with Gasteiger partial charge in [0.05, 0.1) is 8.49 Å². The van der Waals surface area contributed by atoms with Gasteiger partial charge in [-0.15, -0.1) is 0 Å². The zero-order valence-corrected chi connectivity index (χ0v) is 12.5. The second-order valence-electron chi connectivity index (χ2n) is 4.90. The molecular weight excluding hydrogens is 343 g/mol. The van der Waals surface area contributed by atoms with Gasteiger partial charge < -0.3 is 5.32 Å². The standard InChI is InChI=1S/C13H17IN2O2/c1-9(10-4-2-3-5-10)15-11-6-7-13(16(17)18)12(14)8-11/h6-10,15H,2-5H2,1H3. The monoisotopic (exact) mass is 360 g/mol. The number of benzene rings is 1. The van der Waals surface area contributed by atoms with Gasteiger partial charge in [0.25, 0.3) is 5.69 Å². The van der Waals surface area contributed by atoms with Crippen molar-refractivity contribution < 1.29 is 4.92 Å². The molecule has 0 aromatic heterocycles. The van der Waals surface area contributed by atoms with Crippen LogP contribution in [-0.2, 0) is 0 Å². The van der Waals surface area contributed by atoms with Crippen LogP contribution in [0.1, 0.15) is 32.6 Å². The highest BCUT2D eigenvalue weighted by atomic mass is 127. The minimum atomic E-state index is -0.341. The summed E-state index contributed by atoms with van der Waals surface area (Å²) in [5, 5.41) is 14.2. The number of halogens is 1. The molecule has 1 aromatic carbocycles. The van der Waals surface area contributed by atoms with Crippen LogP contribution in [0.15, 0.2) is 18.2 Å². The van der Waals surface area contributed by atoms with Gasteiger partial charge in [0.2, 0.25) is 0 Å². The van der Waals surface area contributed by atoms with Crippen LogP contribution in [0.25, 0.3) is 0 Å². The van der Waals surface area contributed by atoms with Crippen molar-refractivity contribution >= 4 is 34.0 Å². The third-order valence-electron chi connectivity index (χ3n) is 3.65. The normalized spacial score (nSPS) is 17.7. The molecule has 1 N–H and O–H groups in total. The Morgan fingerprint density at radius 1 is 1.44 bits per heavy atom. The van der Waals surface area contributed by atoms with Gasteiger partial charge in [0.1, 0.15) is 0 Å². The lowest BCUT2D eigenvalue weighted by molar-refractivity contribution is -0.385. The van der Waals surface area contributed by atoms with E-state index in [1.807, 2.05) is 28.7 Å². The number of nitrogens with zero attached hydrogens (tertiary/aromatic N) is 1. The van der Waals surface area contributed by atoms with Gasteiger partial charge in [-0.05, 0) is 60.4 Å². The highest BCUT2D eigenvalue weighted by Gasteiger charge is 2.21. The summed E-state index contributed by atoms with van der Waals surface area (Å²) in [5.41, 5.74) is 1.15. The van der Waals surface area contributed by atoms with Crippen molar-refractivity contribution in [1.29, 1.82) is 0 Å². The third-order valence-corrected chi connectivity index (χ3v) is 4.51. The van der Waals surface area contributed by atoms with Gasteiger partial charge in [-0.2, -0.15) is 0 Å². The van der Waals surface area contributed by atoms with E-state index >= 15 is 0 Å². The summed E-state index contributed by atoms with van der Waals surface area (Å²) < 4.78 is 0.682. The maximum absolute atomic E-state index is 10.7. The van der Waals surface area contributed by atoms with Crippen molar-refractivity contribution in [3.8, 4) is 0 Å². The van der Waals surface area contributed by atoms with Crippen molar-refractivity contribution in [1.82, 2.24) is 0 Å². The van der Waals surface area contributed by atoms with Crippen LogP contribution < -0.4 is 5.32 Å². The molecule has 1 atom stereocenters. The maximum Gasteiger partial charge on any atom is 0.282 e. The van der Waals surface area contributed by atoms with E-state index in [1.165, 1.54) is 25.7 Å². The smallest absolute Gasteiger partial charge is 0.282 e. The van der Waals surface area contributed by atoms with Crippen molar-refractivity contribution in [2.75, 3.05) is 5.32 Å². The maximum atomic E-state index is 10.7. The summed E-state index contributed by atoms with van der Waals surface area (Å²) in [4.78, 5) is 10.4. The highest BCUT2D eigenvalue weighted by molar-refractivity contribution is 14.1. The number of anilines is 1. The van der Waals surface area contributed by atoms with Gasteiger partial charge in [-0.25, -0.2) is 0 Å². The van der Waals surface area contributed by atoms with E-state index in [1.54, 1.807) is 12.1 Å². The Hall–Kier alpha value is -0.850. The molecule has 1 aromatic rings. The minimum absolute atomic E-state index is 0.176. The SMILES string of the molecule is CC(Nc1ccc([N+](=O)[O-])c(I)c1)C1CCCC1. The Labute approximate surface area is 120 Å². The Morgan fingerprint density at radius 2 is 2.11 bits per heavy atom. The first-order valence-corrected chi connectivity index (χ1v) is 7.36. The Bertz CT molecular complexity index is 445. The number of hydrogen-bond acceptors (Lipinski definition) is 3. The van der Waals surface area contributed by atoms with E-state index < -0.39 is 0 Å². The van der Waals surface area contributed by atoms with Crippen molar-refractivity contribution in [2.45, 2.75) is 38.6 Å². The first-order valence-electron chi connectivity index (χ1n) is 6.28. The van der Waals surface area contributed by atoms with Gasteiger partial charge in [-0.1, -0.05) is 12.8 Å². The van der Waals surface area contributed by atoms with Crippen LogP contribution in [0.5, 0.6) is 0 Å². The molecule has 1 saturated carbocycles. The summed E-state index contributed by atoms with van der Waals surface area (Å²) in [7, 11) is 0. The largest absolute Gasteiger partial charge is 0.382 e. The third kappa shape index (κ3) is 3.13. The average Bonchev–Trinajstić information content (AvgIpc) is 2.81. The molecule has 0 radical (unpaired) electrons. The number of hydrogen-bond donors (Lipinski definition) is 1. The van der Waals surface area contributed by atoms with Gasteiger partial charge in [0, 0.05) is 17.8 Å². The molecule has 1 unspecified atom stereocenters. The molecule has 98 valence electrons. The summed E-state index contributed by atoms with van der Waals surface area (Å²) >= 11 is 2.01. The second kappa shape index (κ2) is 5.86. The van der Waals surface area contributed by atoms with E-state index in [-0.39, 0.29) is 10.6 Å². The van der Waals surface area contributed by atoms with Gasteiger partial charge in [0.15, 0.2) is 0 Å². The van der Waals surface area contributed by atoms with Gasteiger partial charge in [-0.3, -0.25) is 10.1 Å². The number of nitro groups is 1. The predicted molar refractivity (Wildman–Crippen MR) is 80.9 cm³/mol. The molecule has 0 spiro atoms. The van der Waals surface area contributed by atoms with E-state index in [9.17, 15) is 10.1 Å². The van der Waals surface area contributed by atoms with Crippen molar-refractivity contribution in [3.05, 3.63) is 31.9 Å². The first kappa shape index (κ1) is 13.6. The lowest BCUT2D eigenvalue weighted by Crippen LogP contribution is -2.23. The van der Waals surface area contributed by atoms with Crippen LogP contribution in [0.4, 0.5) is 11.4 Å². The highest BCUT2D eigenvalue weighted by Crippen LogP contribution is 2.30. The van der Waals surface area contributed by atoms with Crippen LogP contribution in [0.2, 0.25) is 0 Å². The molecular formula is C13H17IN2O2. The zero-order valence-electron chi connectivity index (χ0n) is 10.4.